The van der Waals surface area contributed by atoms with Gasteiger partial charge < -0.3 is 9.47 Å². The molecule has 0 fully saturated rings. The zero-order chi connectivity index (χ0) is 19.0. The molecule has 28 heavy (non-hydrogen) atoms. The first-order chi connectivity index (χ1) is 13.9. The summed E-state index contributed by atoms with van der Waals surface area (Å²) < 4.78 is 12.0. The SMILES string of the molecule is c1ccc(OCc2ccccc2-c2ccccc2COc2ccccc2)cc1. The first kappa shape index (κ1) is 17.9. The van der Waals surface area contributed by atoms with Crippen molar-refractivity contribution in [1.29, 1.82) is 0 Å². The summed E-state index contributed by atoms with van der Waals surface area (Å²) in [7, 11) is 0. The van der Waals surface area contributed by atoms with E-state index in [9.17, 15) is 0 Å². The van der Waals surface area contributed by atoms with Crippen LogP contribution in [0, 0.1) is 0 Å². The van der Waals surface area contributed by atoms with Gasteiger partial charge in [0.15, 0.2) is 0 Å². The molecular weight excluding hydrogens is 344 g/mol. The molecule has 0 aromatic heterocycles. The molecule has 0 atom stereocenters. The van der Waals surface area contributed by atoms with Crippen molar-refractivity contribution in [2.75, 3.05) is 0 Å². The van der Waals surface area contributed by atoms with E-state index >= 15 is 0 Å². The standard InChI is InChI=1S/C26H22O2/c1-3-13-23(14-4-1)27-19-21-11-7-9-17-25(21)26-18-10-8-12-22(26)20-28-24-15-5-2-6-16-24/h1-18H,19-20H2. The van der Waals surface area contributed by atoms with Crippen LogP contribution in [0.4, 0.5) is 0 Å². The Hall–Kier alpha value is -3.52. The molecule has 0 unspecified atom stereocenters. The van der Waals surface area contributed by atoms with Gasteiger partial charge in [0.1, 0.15) is 24.7 Å². The van der Waals surface area contributed by atoms with Gasteiger partial charge in [0.05, 0.1) is 0 Å². The van der Waals surface area contributed by atoms with E-state index in [0.717, 1.165) is 22.6 Å². The lowest BCUT2D eigenvalue weighted by atomic mass is 9.96. The average molecular weight is 366 g/mol. The normalized spacial score (nSPS) is 10.4. The van der Waals surface area contributed by atoms with Crippen molar-refractivity contribution < 1.29 is 9.47 Å². The summed E-state index contributed by atoms with van der Waals surface area (Å²) in [6.07, 6.45) is 0. The quantitative estimate of drug-likeness (QED) is 0.371. The summed E-state index contributed by atoms with van der Waals surface area (Å²) in [5.74, 6) is 1.75. The van der Waals surface area contributed by atoms with Gasteiger partial charge in [-0.3, -0.25) is 0 Å². The fourth-order valence-electron chi connectivity index (χ4n) is 3.17. The van der Waals surface area contributed by atoms with Gasteiger partial charge in [0.2, 0.25) is 0 Å². The maximum absolute atomic E-state index is 5.99. The zero-order valence-electron chi connectivity index (χ0n) is 15.6. The lowest BCUT2D eigenvalue weighted by Crippen LogP contribution is -2.01. The van der Waals surface area contributed by atoms with Crippen LogP contribution in [0.25, 0.3) is 11.1 Å². The molecule has 0 bridgehead atoms. The third-order valence-electron chi connectivity index (χ3n) is 4.60. The highest BCUT2D eigenvalue weighted by Crippen LogP contribution is 2.29. The monoisotopic (exact) mass is 366 g/mol. The first-order valence-corrected chi connectivity index (χ1v) is 9.42. The molecule has 2 heteroatoms. The van der Waals surface area contributed by atoms with E-state index in [4.69, 9.17) is 9.47 Å². The number of hydrogen-bond donors (Lipinski definition) is 0. The minimum absolute atomic E-state index is 0.522. The van der Waals surface area contributed by atoms with Crippen LogP contribution in [0.5, 0.6) is 11.5 Å². The summed E-state index contributed by atoms with van der Waals surface area (Å²) in [5.41, 5.74) is 4.65. The molecule has 0 aliphatic rings. The minimum atomic E-state index is 0.522. The van der Waals surface area contributed by atoms with E-state index in [-0.39, 0.29) is 0 Å². The second-order valence-electron chi connectivity index (χ2n) is 6.52. The van der Waals surface area contributed by atoms with E-state index in [1.807, 2.05) is 60.7 Å². The van der Waals surface area contributed by atoms with Crippen molar-refractivity contribution in [3.05, 3.63) is 120 Å². The topological polar surface area (TPSA) is 18.5 Å². The highest BCUT2D eigenvalue weighted by Gasteiger charge is 2.10. The maximum Gasteiger partial charge on any atom is 0.119 e. The van der Waals surface area contributed by atoms with Crippen LogP contribution >= 0.6 is 0 Å². The van der Waals surface area contributed by atoms with Crippen molar-refractivity contribution in [2.24, 2.45) is 0 Å². The van der Waals surface area contributed by atoms with Gasteiger partial charge in [-0.25, -0.2) is 0 Å². The molecule has 0 aliphatic heterocycles. The Morgan fingerprint density at radius 3 is 1.18 bits per heavy atom. The number of benzene rings is 4. The van der Waals surface area contributed by atoms with Crippen molar-refractivity contribution in [2.45, 2.75) is 13.2 Å². The molecule has 4 rings (SSSR count). The van der Waals surface area contributed by atoms with E-state index in [1.165, 1.54) is 11.1 Å². The molecule has 0 heterocycles. The van der Waals surface area contributed by atoms with E-state index in [2.05, 4.69) is 48.5 Å². The van der Waals surface area contributed by atoms with Crippen molar-refractivity contribution >= 4 is 0 Å². The van der Waals surface area contributed by atoms with Crippen LogP contribution in [-0.4, -0.2) is 0 Å². The molecule has 2 nitrogen and oxygen atoms in total. The molecule has 0 aliphatic carbocycles. The molecule has 0 amide bonds. The van der Waals surface area contributed by atoms with Crippen LogP contribution in [0.3, 0.4) is 0 Å². The largest absolute Gasteiger partial charge is 0.489 e. The molecule has 0 N–H and O–H groups in total. The molecule has 0 saturated carbocycles. The maximum atomic E-state index is 5.99. The van der Waals surface area contributed by atoms with Gasteiger partial charge in [-0.15, -0.1) is 0 Å². The molecule has 0 saturated heterocycles. The van der Waals surface area contributed by atoms with E-state index in [1.54, 1.807) is 0 Å². The molecule has 0 radical (unpaired) electrons. The van der Waals surface area contributed by atoms with E-state index < -0.39 is 0 Å². The third-order valence-corrected chi connectivity index (χ3v) is 4.60. The van der Waals surface area contributed by atoms with Gasteiger partial charge in [-0.05, 0) is 46.5 Å². The Labute approximate surface area is 166 Å². The average Bonchev–Trinajstić information content (AvgIpc) is 2.78. The van der Waals surface area contributed by atoms with Gasteiger partial charge in [-0.2, -0.15) is 0 Å². The van der Waals surface area contributed by atoms with Gasteiger partial charge in [0, 0.05) is 0 Å². The smallest absolute Gasteiger partial charge is 0.119 e. The number of rotatable bonds is 7. The van der Waals surface area contributed by atoms with Gasteiger partial charge in [0.25, 0.3) is 0 Å². The highest BCUT2D eigenvalue weighted by molar-refractivity contribution is 5.70. The zero-order valence-corrected chi connectivity index (χ0v) is 15.6. The Morgan fingerprint density at radius 1 is 0.393 bits per heavy atom. The van der Waals surface area contributed by atoms with Crippen LogP contribution in [0.2, 0.25) is 0 Å². The fourth-order valence-corrected chi connectivity index (χ4v) is 3.17. The van der Waals surface area contributed by atoms with Gasteiger partial charge in [-0.1, -0.05) is 84.9 Å². The summed E-state index contributed by atoms with van der Waals surface area (Å²) in [6, 6.07) is 36.6. The Balaban J connectivity index is 1.57. The van der Waals surface area contributed by atoms with Crippen LogP contribution in [0.15, 0.2) is 109 Å². The van der Waals surface area contributed by atoms with Crippen molar-refractivity contribution in [3.8, 4) is 22.6 Å². The lowest BCUT2D eigenvalue weighted by Gasteiger charge is -2.15. The van der Waals surface area contributed by atoms with Crippen LogP contribution < -0.4 is 9.47 Å². The summed E-state index contributed by atoms with van der Waals surface area (Å²) in [4.78, 5) is 0. The van der Waals surface area contributed by atoms with Crippen molar-refractivity contribution in [3.63, 3.8) is 0 Å². The second-order valence-corrected chi connectivity index (χ2v) is 6.52. The molecule has 138 valence electrons. The van der Waals surface area contributed by atoms with Crippen LogP contribution in [0.1, 0.15) is 11.1 Å². The minimum Gasteiger partial charge on any atom is -0.489 e. The predicted octanol–water partition coefficient (Wildman–Crippen LogP) is 6.51. The Kier molecular flexibility index (Phi) is 5.69. The van der Waals surface area contributed by atoms with E-state index in [0.29, 0.717) is 13.2 Å². The Morgan fingerprint density at radius 2 is 0.750 bits per heavy atom. The summed E-state index contributed by atoms with van der Waals surface area (Å²) >= 11 is 0. The predicted molar refractivity (Wildman–Crippen MR) is 113 cm³/mol. The molecule has 4 aromatic rings. The third kappa shape index (κ3) is 4.41. The number of para-hydroxylation sites is 2. The highest BCUT2D eigenvalue weighted by atomic mass is 16.5. The number of hydrogen-bond acceptors (Lipinski definition) is 2. The molecule has 4 aromatic carbocycles. The summed E-state index contributed by atoms with van der Waals surface area (Å²) in [5, 5.41) is 0. The number of ether oxygens (including phenoxy) is 2. The van der Waals surface area contributed by atoms with Crippen molar-refractivity contribution in [1.82, 2.24) is 0 Å². The molecular formula is C26H22O2. The fraction of sp³-hybridized carbons (Fsp3) is 0.0769. The lowest BCUT2D eigenvalue weighted by molar-refractivity contribution is 0.305. The van der Waals surface area contributed by atoms with Gasteiger partial charge >= 0.3 is 0 Å². The first-order valence-electron chi connectivity index (χ1n) is 9.42. The van der Waals surface area contributed by atoms with Crippen LogP contribution in [-0.2, 0) is 13.2 Å². The Bertz CT molecular complexity index is 926. The summed E-state index contributed by atoms with van der Waals surface area (Å²) in [6.45, 7) is 1.04. The second kappa shape index (κ2) is 8.92. The molecule has 0 spiro atoms.